The first-order valence-corrected chi connectivity index (χ1v) is 8.12. The highest BCUT2D eigenvalue weighted by atomic mass is 79.9. The van der Waals surface area contributed by atoms with Gasteiger partial charge < -0.3 is 5.11 Å². The summed E-state index contributed by atoms with van der Waals surface area (Å²) in [5, 5.41) is 9.85. The Balaban J connectivity index is 1.94. The molecule has 0 aromatic heterocycles. The molecule has 20 heavy (non-hydrogen) atoms. The van der Waals surface area contributed by atoms with Gasteiger partial charge in [-0.05, 0) is 37.6 Å². The standard InChI is InChI=1S/C15H19BrClNO2/c16-11-4-5-13(14(17)9-11)15(20)6-8-18-7-2-1-3-12(18)10-19/h4-5,9,12,19H,1-3,6-8,10H2. The van der Waals surface area contributed by atoms with Crippen molar-refractivity contribution in [3.8, 4) is 0 Å². The van der Waals surface area contributed by atoms with Gasteiger partial charge in [0, 0.05) is 29.0 Å². The van der Waals surface area contributed by atoms with Gasteiger partial charge in [0.15, 0.2) is 5.78 Å². The number of aliphatic hydroxyl groups is 1. The van der Waals surface area contributed by atoms with Crippen LogP contribution in [0, 0.1) is 0 Å². The fraction of sp³-hybridized carbons (Fsp3) is 0.533. The van der Waals surface area contributed by atoms with Gasteiger partial charge in [-0.2, -0.15) is 0 Å². The molecule has 0 radical (unpaired) electrons. The van der Waals surface area contributed by atoms with Crippen molar-refractivity contribution in [1.29, 1.82) is 0 Å². The molecule has 110 valence electrons. The van der Waals surface area contributed by atoms with E-state index < -0.39 is 0 Å². The van der Waals surface area contributed by atoms with Crippen LogP contribution in [0.1, 0.15) is 36.0 Å². The number of rotatable bonds is 5. The predicted octanol–water partition coefficient (Wildman–Crippen LogP) is 3.52. The molecule has 1 unspecified atom stereocenters. The van der Waals surface area contributed by atoms with Gasteiger partial charge in [0.2, 0.25) is 0 Å². The molecular formula is C15H19BrClNO2. The van der Waals surface area contributed by atoms with Crippen molar-refractivity contribution in [2.24, 2.45) is 0 Å². The molecule has 0 spiro atoms. The smallest absolute Gasteiger partial charge is 0.165 e. The summed E-state index contributed by atoms with van der Waals surface area (Å²) in [5.41, 5.74) is 0.576. The first-order valence-electron chi connectivity index (χ1n) is 6.95. The van der Waals surface area contributed by atoms with Crippen molar-refractivity contribution >= 4 is 33.3 Å². The second kappa shape index (κ2) is 7.55. The summed E-state index contributed by atoms with van der Waals surface area (Å²) in [5.74, 6) is 0.0600. The van der Waals surface area contributed by atoms with Gasteiger partial charge in [-0.3, -0.25) is 9.69 Å². The minimum absolute atomic E-state index is 0.0600. The zero-order valence-electron chi connectivity index (χ0n) is 11.3. The van der Waals surface area contributed by atoms with E-state index in [1.165, 1.54) is 0 Å². The Labute approximate surface area is 133 Å². The molecule has 0 saturated carbocycles. The number of carbonyl (C=O) groups excluding carboxylic acids is 1. The highest BCUT2D eigenvalue weighted by Gasteiger charge is 2.22. The number of ketones is 1. The second-order valence-corrected chi connectivity index (χ2v) is 6.49. The molecule has 1 heterocycles. The molecule has 1 N–H and O–H groups in total. The highest BCUT2D eigenvalue weighted by molar-refractivity contribution is 9.10. The molecule has 1 atom stereocenters. The number of piperidine rings is 1. The van der Waals surface area contributed by atoms with E-state index in [4.69, 9.17) is 11.6 Å². The summed E-state index contributed by atoms with van der Waals surface area (Å²) in [6, 6.07) is 5.54. The molecule has 1 fully saturated rings. The summed E-state index contributed by atoms with van der Waals surface area (Å²) < 4.78 is 0.871. The molecule has 2 rings (SSSR count). The fourth-order valence-corrected chi connectivity index (χ4v) is 3.44. The van der Waals surface area contributed by atoms with Crippen molar-refractivity contribution in [3.63, 3.8) is 0 Å². The summed E-state index contributed by atoms with van der Waals surface area (Å²) in [6.45, 7) is 1.83. The molecule has 1 aliphatic rings. The molecule has 3 nitrogen and oxygen atoms in total. The van der Waals surface area contributed by atoms with E-state index in [0.717, 1.165) is 30.3 Å². The Kier molecular flexibility index (Phi) is 6.02. The number of carbonyl (C=O) groups is 1. The van der Waals surface area contributed by atoms with Crippen LogP contribution in [0.5, 0.6) is 0 Å². The summed E-state index contributed by atoms with van der Waals surface area (Å²) >= 11 is 9.43. The lowest BCUT2D eigenvalue weighted by molar-refractivity contribution is 0.0793. The number of aliphatic hydroxyl groups excluding tert-OH is 1. The predicted molar refractivity (Wildman–Crippen MR) is 84.4 cm³/mol. The van der Waals surface area contributed by atoms with Gasteiger partial charge in [-0.25, -0.2) is 0 Å². The van der Waals surface area contributed by atoms with Crippen LogP contribution in [-0.2, 0) is 0 Å². The number of benzene rings is 1. The van der Waals surface area contributed by atoms with Gasteiger partial charge in [0.1, 0.15) is 0 Å². The van der Waals surface area contributed by atoms with Crippen LogP contribution in [0.4, 0.5) is 0 Å². The third kappa shape index (κ3) is 4.04. The van der Waals surface area contributed by atoms with E-state index >= 15 is 0 Å². The topological polar surface area (TPSA) is 40.5 Å². The Morgan fingerprint density at radius 3 is 2.95 bits per heavy atom. The zero-order valence-corrected chi connectivity index (χ0v) is 13.7. The van der Waals surface area contributed by atoms with E-state index in [0.29, 0.717) is 23.6 Å². The SMILES string of the molecule is O=C(CCN1CCCCC1CO)c1ccc(Br)cc1Cl. The van der Waals surface area contributed by atoms with E-state index in [1.54, 1.807) is 12.1 Å². The number of nitrogens with zero attached hydrogens (tertiary/aromatic N) is 1. The number of likely N-dealkylation sites (tertiary alicyclic amines) is 1. The molecule has 1 saturated heterocycles. The lowest BCUT2D eigenvalue weighted by Crippen LogP contribution is -2.42. The Hall–Kier alpha value is -0.420. The Bertz CT molecular complexity index is 481. The summed E-state index contributed by atoms with van der Waals surface area (Å²) in [7, 11) is 0. The van der Waals surface area contributed by atoms with Crippen molar-refractivity contribution in [2.75, 3.05) is 19.7 Å². The minimum atomic E-state index is 0.0600. The van der Waals surface area contributed by atoms with Crippen molar-refractivity contribution in [3.05, 3.63) is 33.3 Å². The number of Topliss-reactive ketones (excluding diaryl/α,β-unsaturated/α-hetero) is 1. The molecule has 1 aromatic carbocycles. The van der Waals surface area contributed by atoms with Gasteiger partial charge in [0.25, 0.3) is 0 Å². The average molecular weight is 361 g/mol. The molecular weight excluding hydrogens is 342 g/mol. The molecule has 1 aliphatic heterocycles. The van der Waals surface area contributed by atoms with Gasteiger partial charge in [0.05, 0.1) is 11.6 Å². The van der Waals surface area contributed by atoms with E-state index in [2.05, 4.69) is 20.8 Å². The van der Waals surface area contributed by atoms with E-state index in [9.17, 15) is 9.90 Å². The normalized spacial score (nSPS) is 20.1. The molecule has 0 amide bonds. The number of hydrogen-bond acceptors (Lipinski definition) is 3. The second-order valence-electron chi connectivity index (χ2n) is 5.17. The fourth-order valence-electron chi connectivity index (χ4n) is 2.66. The molecule has 0 aliphatic carbocycles. The number of hydrogen-bond donors (Lipinski definition) is 1. The summed E-state index contributed by atoms with van der Waals surface area (Å²) in [4.78, 5) is 14.4. The third-order valence-electron chi connectivity index (χ3n) is 3.82. The maximum Gasteiger partial charge on any atom is 0.165 e. The molecule has 0 bridgehead atoms. The van der Waals surface area contributed by atoms with Crippen LogP contribution in [0.25, 0.3) is 0 Å². The van der Waals surface area contributed by atoms with Gasteiger partial charge in [-0.15, -0.1) is 0 Å². The first-order chi connectivity index (χ1) is 9.61. The van der Waals surface area contributed by atoms with E-state index in [-0.39, 0.29) is 18.4 Å². The van der Waals surface area contributed by atoms with Crippen LogP contribution in [-0.4, -0.2) is 41.5 Å². The quantitative estimate of drug-likeness (QED) is 0.817. The molecule has 5 heteroatoms. The minimum Gasteiger partial charge on any atom is -0.395 e. The lowest BCUT2D eigenvalue weighted by atomic mass is 10.0. The van der Waals surface area contributed by atoms with Crippen LogP contribution in [0.3, 0.4) is 0 Å². The van der Waals surface area contributed by atoms with Crippen molar-refractivity contribution in [1.82, 2.24) is 4.90 Å². The van der Waals surface area contributed by atoms with Crippen LogP contribution >= 0.6 is 27.5 Å². The highest BCUT2D eigenvalue weighted by Crippen LogP contribution is 2.23. The van der Waals surface area contributed by atoms with Crippen molar-refractivity contribution < 1.29 is 9.90 Å². The lowest BCUT2D eigenvalue weighted by Gasteiger charge is -2.34. The van der Waals surface area contributed by atoms with E-state index in [1.807, 2.05) is 6.07 Å². The third-order valence-corrected chi connectivity index (χ3v) is 4.62. The van der Waals surface area contributed by atoms with Gasteiger partial charge >= 0.3 is 0 Å². The first kappa shape index (κ1) is 16.0. The largest absolute Gasteiger partial charge is 0.395 e. The monoisotopic (exact) mass is 359 g/mol. The van der Waals surface area contributed by atoms with Gasteiger partial charge in [-0.1, -0.05) is 34.0 Å². The Morgan fingerprint density at radius 1 is 1.45 bits per heavy atom. The Morgan fingerprint density at radius 2 is 2.25 bits per heavy atom. The maximum absolute atomic E-state index is 12.2. The van der Waals surface area contributed by atoms with Crippen LogP contribution in [0.2, 0.25) is 5.02 Å². The molecule has 1 aromatic rings. The summed E-state index contributed by atoms with van der Waals surface area (Å²) in [6.07, 6.45) is 3.76. The van der Waals surface area contributed by atoms with Crippen LogP contribution < -0.4 is 0 Å². The average Bonchev–Trinajstić information content (AvgIpc) is 2.45. The van der Waals surface area contributed by atoms with Crippen LogP contribution in [0.15, 0.2) is 22.7 Å². The maximum atomic E-state index is 12.2. The zero-order chi connectivity index (χ0) is 14.5. The number of halogens is 2. The van der Waals surface area contributed by atoms with Crippen molar-refractivity contribution in [2.45, 2.75) is 31.7 Å².